The second-order valence-corrected chi connectivity index (χ2v) is 5.83. The van der Waals surface area contributed by atoms with E-state index in [2.05, 4.69) is 0 Å². The summed E-state index contributed by atoms with van der Waals surface area (Å²) in [6, 6.07) is 13.0. The maximum absolute atomic E-state index is 12.7. The number of hydrogen-bond donors (Lipinski definition) is 0. The highest BCUT2D eigenvalue weighted by Crippen LogP contribution is 2.25. The van der Waals surface area contributed by atoms with E-state index < -0.39 is 0 Å². The number of carbonyl (C=O) groups is 1. The van der Waals surface area contributed by atoms with E-state index in [1.54, 1.807) is 19.1 Å². The molecule has 2 aromatic carbocycles. The predicted molar refractivity (Wildman–Crippen MR) is 95.8 cm³/mol. The third-order valence-electron chi connectivity index (χ3n) is 3.83. The van der Waals surface area contributed by atoms with E-state index in [1.807, 2.05) is 49.4 Å². The highest BCUT2D eigenvalue weighted by molar-refractivity contribution is 6.30. The quantitative estimate of drug-likeness (QED) is 0.761. The van der Waals surface area contributed by atoms with E-state index in [0.717, 1.165) is 11.1 Å². The molecule has 0 spiro atoms. The minimum Gasteiger partial charge on any atom is -0.497 e. The lowest BCUT2D eigenvalue weighted by atomic mass is 10.1. The van der Waals surface area contributed by atoms with Crippen LogP contribution in [-0.4, -0.2) is 31.6 Å². The number of halogens is 1. The van der Waals surface area contributed by atoms with Gasteiger partial charge >= 0.3 is 0 Å². The molecular formula is C19H22ClNO3. The number of ether oxygens (including phenoxy) is 2. The molecule has 0 saturated heterocycles. The zero-order chi connectivity index (χ0) is 17.5. The summed E-state index contributed by atoms with van der Waals surface area (Å²) >= 11 is 6.02. The Morgan fingerprint density at radius 1 is 1.12 bits per heavy atom. The van der Waals surface area contributed by atoms with E-state index in [0.29, 0.717) is 29.6 Å². The molecule has 0 fully saturated rings. The molecule has 24 heavy (non-hydrogen) atoms. The molecule has 0 aliphatic carbocycles. The zero-order valence-corrected chi connectivity index (χ0v) is 15.0. The molecule has 0 radical (unpaired) electrons. The fourth-order valence-electron chi connectivity index (χ4n) is 2.53. The monoisotopic (exact) mass is 347 g/mol. The second-order valence-electron chi connectivity index (χ2n) is 5.39. The summed E-state index contributed by atoms with van der Waals surface area (Å²) in [7, 11) is 3.20. The van der Waals surface area contributed by atoms with Crippen molar-refractivity contribution in [3.63, 3.8) is 0 Å². The lowest BCUT2D eigenvalue weighted by Gasteiger charge is -2.22. The highest BCUT2D eigenvalue weighted by Gasteiger charge is 2.16. The number of rotatable bonds is 7. The maximum Gasteiger partial charge on any atom is 0.227 e. The van der Waals surface area contributed by atoms with Crippen molar-refractivity contribution in [2.24, 2.45) is 0 Å². The lowest BCUT2D eigenvalue weighted by Crippen LogP contribution is -2.31. The fourth-order valence-corrected chi connectivity index (χ4v) is 2.74. The van der Waals surface area contributed by atoms with E-state index in [-0.39, 0.29) is 12.3 Å². The summed E-state index contributed by atoms with van der Waals surface area (Å²) in [5.74, 6) is 1.42. The van der Waals surface area contributed by atoms with Gasteiger partial charge in [0.1, 0.15) is 11.5 Å². The largest absolute Gasteiger partial charge is 0.497 e. The minimum absolute atomic E-state index is 0.0315. The van der Waals surface area contributed by atoms with Crippen molar-refractivity contribution in [1.29, 1.82) is 0 Å². The van der Waals surface area contributed by atoms with Crippen molar-refractivity contribution in [1.82, 2.24) is 4.90 Å². The first-order valence-corrected chi connectivity index (χ1v) is 8.18. The van der Waals surface area contributed by atoms with Gasteiger partial charge in [-0.25, -0.2) is 0 Å². The van der Waals surface area contributed by atoms with Gasteiger partial charge in [-0.05, 0) is 42.8 Å². The first-order valence-electron chi connectivity index (χ1n) is 7.80. The van der Waals surface area contributed by atoms with Gasteiger partial charge in [-0.15, -0.1) is 0 Å². The van der Waals surface area contributed by atoms with Gasteiger partial charge in [0.15, 0.2) is 0 Å². The van der Waals surface area contributed by atoms with Crippen LogP contribution in [0.25, 0.3) is 0 Å². The summed E-state index contributed by atoms with van der Waals surface area (Å²) in [6.07, 6.45) is 0.259. The Kier molecular flexibility index (Phi) is 6.50. The molecule has 0 aliphatic heterocycles. The molecule has 4 nitrogen and oxygen atoms in total. The summed E-state index contributed by atoms with van der Waals surface area (Å²) in [5, 5.41) is 0.672. The van der Waals surface area contributed by atoms with Crippen molar-refractivity contribution in [3.05, 3.63) is 58.6 Å². The van der Waals surface area contributed by atoms with Gasteiger partial charge in [-0.3, -0.25) is 4.79 Å². The van der Waals surface area contributed by atoms with Crippen LogP contribution in [0.2, 0.25) is 5.02 Å². The van der Waals surface area contributed by atoms with Crippen LogP contribution in [0, 0.1) is 0 Å². The van der Waals surface area contributed by atoms with Crippen LogP contribution in [0.3, 0.4) is 0 Å². The van der Waals surface area contributed by atoms with Crippen LogP contribution in [0.4, 0.5) is 0 Å². The molecule has 0 aromatic heterocycles. The molecule has 0 aliphatic rings. The molecule has 0 unspecified atom stereocenters. The van der Waals surface area contributed by atoms with E-state index in [1.165, 1.54) is 0 Å². The van der Waals surface area contributed by atoms with Crippen LogP contribution in [0.5, 0.6) is 11.5 Å². The molecule has 0 bridgehead atoms. The number of nitrogens with zero attached hydrogens (tertiary/aromatic N) is 1. The third kappa shape index (κ3) is 4.65. The first-order chi connectivity index (χ1) is 11.6. The molecule has 2 aromatic rings. The third-order valence-corrected chi connectivity index (χ3v) is 4.06. The van der Waals surface area contributed by atoms with Crippen LogP contribution < -0.4 is 9.47 Å². The van der Waals surface area contributed by atoms with Gasteiger partial charge in [-0.2, -0.15) is 0 Å². The summed E-state index contributed by atoms with van der Waals surface area (Å²) < 4.78 is 10.6. The standard InChI is InChI=1S/C19H22ClNO3/c1-4-21(13-14-6-5-7-16(20)10-14)19(22)12-15-11-17(23-2)8-9-18(15)24-3/h5-11H,4,12-13H2,1-3H3. The summed E-state index contributed by atoms with van der Waals surface area (Å²) in [4.78, 5) is 14.5. The molecule has 2 rings (SSSR count). The maximum atomic E-state index is 12.7. The highest BCUT2D eigenvalue weighted by atomic mass is 35.5. The van der Waals surface area contributed by atoms with Gasteiger partial charge < -0.3 is 14.4 Å². The molecule has 1 amide bonds. The van der Waals surface area contributed by atoms with Crippen molar-refractivity contribution in [2.75, 3.05) is 20.8 Å². The fraction of sp³-hybridized carbons (Fsp3) is 0.316. The number of benzene rings is 2. The van der Waals surface area contributed by atoms with Crippen molar-refractivity contribution < 1.29 is 14.3 Å². The van der Waals surface area contributed by atoms with E-state index in [9.17, 15) is 4.79 Å². The number of likely N-dealkylation sites (N-methyl/N-ethyl adjacent to an activating group) is 1. The van der Waals surface area contributed by atoms with E-state index >= 15 is 0 Å². The number of methoxy groups -OCH3 is 2. The zero-order valence-electron chi connectivity index (χ0n) is 14.2. The SMILES string of the molecule is CCN(Cc1cccc(Cl)c1)C(=O)Cc1cc(OC)ccc1OC. The number of amides is 1. The van der Waals surface area contributed by atoms with Gasteiger partial charge in [-0.1, -0.05) is 23.7 Å². The molecular weight excluding hydrogens is 326 g/mol. The average Bonchev–Trinajstić information content (AvgIpc) is 2.59. The first kappa shape index (κ1) is 18.1. The molecule has 0 saturated carbocycles. The minimum atomic E-state index is 0.0315. The second kappa shape index (κ2) is 8.60. The molecule has 128 valence electrons. The molecule has 0 atom stereocenters. The Morgan fingerprint density at radius 2 is 1.92 bits per heavy atom. The Bertz CT molecular complexity index is 703. The van der Waals surface area contributed by atoms with Crippen LogP contribution >= 0.6 is 11.6 Å². The lowest BCUT2D eigenvalue weighted by molar-refractivity contribution is -0.130. The van der Waals surface area contributed by atoms with Crippen LogP contribution in [-0.2, 0) is 17.8 Å². The predicted octanol–water partition coefficient (Wildman–Crippen LogP) is 3.95. The average molecular weight is 348 g/mol. The van der Waals surface area contributed by atoms with E-state index in [4.69, 9.17) is 21.1 Å². The van der Waals surface area contributed by atoms with Gasteiger partial charge in [0.25, 0.3) is 0 Å². The Morgan fingerprint density at radius 3 is 2.54 bits per heavy atom. The smallest absolute Gasteiger partial charge is 0.227 e. The molecule has 0 heterocycles. The van der Waals surface area contributed by atoms with Crippen LogP contribution in [0.1, 0.15) is 18.1 Å². The van der Waals surface area contributed by atoms with Gasteiger partial charge in [0.2, 0.25) is 5.91 Å². The van der Waals surface area contributed by atoms with Crippen molar-refractivity contribution in [3.8, 4) is 11.5 Å². The van der Waals surface area contributed by atoms with Crippen molar-refractivity contribution >= 4 is 17.5 Å². The summed E-state index contributed by atoms with van der Waals surface area (Å²) in [5.41, 5.74) is 1.82. The molecule has 5 heteroatoms. The normalized spacial score (nSPS) is 10.3. The number of hydrogen-bond acceptors (Lipinski definition) is 3. The van der Waals surface area contributed by atoms with Gasteiger partial charge in [0, 0.05) is 23.7 Å². The Hall–Kier alpha value is -2.20. The number of carbonyl (C=O) groups excluding carboxylic acids is 1. The Labute approximate surface area is 147 Å². The van der Waals surface area contributed by atoms with Gasteiger partial charge in [0.05, 0.1) is 20.6 Å². The van der Waals surface area contributed by atoms with Crippen LogP contribution in [0.15, 0.2) is 42.5 Å². The summed E-state index contributed by atoms with van der Waals surface area (Å²) in [6.45, 7) is 3.12. The van der Waals surface area contributed by atoms with Crippen molar-refractivity contribution in [2.45, 2.75) is 19.9 Å². The Balaban J connectivity index is 2.14. The molecule has 0 N–H and O–H groups in total. The topological polar surface area (TPSA) is 38.8 Å².